The number of rotatable bonds is 4. The van der Waals surface area contributed by atoms with E-state index in [1.807, 2.05) is 0 Å². The number of benzene rings is 2. The molecule has 0 atom stereocenters. The van der Waals surface area contributed by atoms with Crippen LogP contribution in [0.15, 0.2) is 65.5 Å². The summed E-state index contributed by atoms with van der Waals surface area (Å²) in [5.74, 6) is -0.489. The van der Waals surface area contributed by atoms with Crippen LogP contribution in [0.3, 0.4) is 0 Å². The second kappa shape index (κ2) is 8.18. The molecule has 0 saturated carbocycles. The zero-order chi connectivity index (χ0) is 22.8. The normalized spacial score (nSPS) is 11.8. The van der Waals surface area contributed by atoms with Crippen LogP contribution in [-0.2, 0) is 12.7 Å². The number of nitrogens with zero attached hydrogens (tertiary/aromatic N) is 2. The molecule has 3 aromatic rings. The van der Waals surface area contributed by atoms with E-state index >= 15 is 0 Å². The van der Waals surface area contributed by atoms with Gasteiger partial charge in [-0.15, -0.1) is 13.2 Å². The Morgan fingerprint density at radius 3 is 2.06 bits per heavy atom. The Morgan fingerprint density at radius 2 is 1.55 bits per heavy atom. The monoisotopic (exact) mass is 438 g/mol. The topological polar surface area (TPSA) is 55.0 Å². The number of nitriles is 1. The molecule has 0 bridgehead atoms. The Bertz CT molecular complexity index is 1170. The SMILES string of the molecule is N#Cc1c(C(F)(F)F)cc(-c2ccccc2)n(Cc2ccc(OC(F)(F)F)cc2)c1=O. The molecule has 31 heavy (non-hydrogen) atoms. The molecule has 0 aliphatic heterocycles. The molecule has 0 radical (unpaired) electrons. The number of alkyl halides is 6. The number of halogens is 6. The van der Waals surface area contributed by atoms with Crippen LogP contribution in [0.5, 0.6) is 5.75 Å². The highest BCUT2D eigenvalue weighted by Crippen LogP contribution is 2.33. The quantitative estimate of drug-likeness (QED) is 0.516. The highest BCUT2D eigenvalue weighted by atomic mass is 19.4. The number of pyridine rings is 1. The molecule has 0 amide bonds. The van der Waals surface area contributed by atoms with Gasteiger partial charge in [0.25, 0.3) is 5.56 Å². The van der Waals surface area contributed by atoms with Gasteiger partial charge in [-0.3, -0.25) is 4.79 Å². The average Bonchev–Trinajstić information content (AvgIpc) is 2.69. The van der Waals surface area contributed by atoms with E-state index in [4.69, 9.17) is 0 Å². The van der Waals surface area contributed by atoms with Crippen molar-refractivity contribution in [1.29, 1.82) is 5.26 Å². The van der Waals surface area contributed by atoms with Crippen LogP contribution in [-0.4, -0.2) is 10.9 Å². The van der Waals surface area contributed by atoms with Crippen molar-refractivity contribution in [2.24, 2.45) is 0 Å². The van der Waals surface area contributed by atoms with Crippen molar-refractivity contribution in [2.75, 3.05) is 0 Å². The zero-order valence-corrected chi connectivity index (χ0v) is 15.5. The lowest BCUT2D eigenvalue weighted by molar-refractivity contribution is -0.274. The molecule has 0 N–H and O–H groups in total. The summed E-state index contributed by atoms with van der Waals surface area (Å²) in [7, 11) is 0. The molecule has 3 rings (SSSR count). The van der Waals surface area contributed by atoms with Gasteiger partial charge in [0.15, 0.2) is 0 Å². The van der Waals surface area contributed by atoms with E-state index < -0.39 is 35.0 Å². The molecule has 0 saturated heterocycles. The van der Waals surface area contributed by atoms with Gasteiger partial charge in [0.2, 0.25) is 0 Å². The summed E-state index contributed by atoms with van der Waals surface area (Å²) in [4.78, 5) is 12.8. The lowest BCUT2D eigenvalue weighted by atomic mass is 10.0. The summed E-state index contributed by atoms with van der Waals surface area (Å²) in [5.41, 5.74) is -3.06. The molecule has 10 heteroatoms. The maximum atomic E-state index is 13.4. The predicted octanol–water partition coefficient (Wildman–Crippen LogP) is 5.35. The first-order chi connectivity index (χ1) is 14.5. The van der Waals surface area contributed by atoms with Gasteiger partial charge in [-0.1, -0.05) is 42.5 Å². The van der Waals surface area contributed by atoms with E-state index in [0.29, 0.717) is 11.1 Å². The number of hydrogen-bond acceptors (Lipinski definition) is 3. The van der Waals surface area contributed by atoms with Crippen molar-refractivity contribution in [2.45, 2.75) is 19.1 Å². The van der Waals surface area contributed by atoms with Crippen LogP contribution in [0.25, 0.3) is 11.3 Å². The maximum Gasteiger partial charge on any atom is 0.573 e. The van der Waals surface area contributed by atoms with E-state index in [-0.39, 0.29) is 12.2 Å². The van der Waals surface area contributed by atoms with Crippen molar-refractivity contribution in [1.82, 2.24) is 4.57 Å². The van der Waals surface area contributed by atoms with Crippen molar-refractivity contribution >= 4 is 0 Å². The Morgan fingerprint density at radius 1 is 0.935 bits per heavy atom. The van der Waals surface area contributed by atoms with E-state index in [1.165, 1.54) is 30.3 Å². The second-order valence-corrected chi connectivity index (χ2v) is 6.38. The van der Waals surface area contributed by atoms with Gasteiger partial charge >= 0.3 is 12.5 Å². The molecule has 2 aromatic carbocycles. The Hall–Kier alpha value is -3.74. The first-order valence-corrected chi connectivity index (χ1v) is 8.65. The minimum absolute atomic E-state index is 0.0902. The van der Waals surface area contributed by atoms with Gasteiger partial charge in [0.05, 0.1) is 17.8 Å². The largest absolute Gasteiger partial charge is 0.573 e. The van der Waals surface area contributed by atoms with E-state index in [0.717, 1.165) is 22.8 Å². The van der Waals surface area contributed by atoms with E-state index in [1.54, 1.807) is 18.2 Å². The first-order valence-electron chi connectivity index (χ1n) is 8.65. The number of hydrogen-bond donors (Lipinski definition) is 0. The number of ether oxygens (including phenoxy) is 1. The Kier molecular flexibility index (Phi) is 5.79. The summed E-state index contributed by atoms with van der Waals surface area (Å²) in [6, 6.07) is 14.3. The zero-order valence-electron chi connectivity index (χ0n) is 15.5. The molecule has 0 aliphatic rings. The molecular weight excluding hydrogens is 426 g/mol. The predicted molar refractivity (Wildman–Crippen MR) is 98.1 cm³/mol. The van der Waals surface area contributed by atoms with Gasteiger partial charge in [0.1, 0.15) is 17.4 Å². The third-order valence-electron chi connectivity index (χ3n) is 4.28. The molecule has 0 fully saturated rings. The lowest BCUT2D eigenvalue weighted by Crippen LogP contribution is -2.28. The molecule has 0 aliphatic carbocycles. The second-order valence-electron chi connectivity index (χ2n) is 6.38. The van der Waals surface area contributed by atoms with Crippen LogP contribution in [0.1, 0.15) is 16.7 Å². The maximum absolute atomic E-state index is 13.4. The molecule has 4 nitrogen and oxygen atoms in total. The summed E-state index contributed by atoms with van der Waals surface area (Å²) in [5, 5.41) is 9.17. The van der Waals surface area contributed by atoms with Gasteiger partial charge in [0, 0.05) is 0 Å². The van der Waals surface area contributed by atoms with Gasteiger partial charge in [-0.25, -0.2) is 0 Å². The minimum atomic E-state index is -4.93. The third kappa shape index (κ3) is 5.06. The Balaban J connectivity index is 2.13. The summed E-state index contributed by atoms with van der Waals surface area (Å²) in [6.07, 6.45) is -9.81. The van der Waals surface area contributed by atoms with Crippen LogP contribution < -0.4 is 10.3 Å². The molecule has 1 aromatic heterocycles. The van der Waals surface area contributed by atoms with Gasteiger partial charge in [-0.05, 0) is 29.3 Å². The molecule has 0 spiro atoms. The molecule has 160 valence electrons. The van der Waals surface area contributed by atoms with Gasteiger partial charge in [-0.2, -0.15) is 18.4 Å². The molecular formula is C21H12F6N2O2. The third-order valence-corrected chi connectivity index (χ3v) is 4.28. The van der Waals surface area contributed by atoms with Crippen molar-refractivity contribution < 1.29 is 31.1 Å². The van der Waals surface area contributed by atoms with Crippen LogP contribution in [0, 0.1) is 11.3 Å². The fourth-order valence-corrected chi connectivity index (χ4v) is 2.96. The minimum Gasteiger partial charge on any atom is -0.406 e. The van der Waals surface area contributed by atoms with Crippen LogP contribution in [0.4, 0.5) is 26.3 Å². The van der Waals surface area contributed by atoms with Gasteiger partial charge < -0.3 is 9.30 Å². The molecule has 0 unspecified atom stereocenters. The molecule has 1 heterocycles. The van der Waals surface area contributed by atoms with Crippen LogP contribution >= 0.6 is 0 Å². The fraction of sp³-hybridized carbons (Fsp3) is 0.143. The smallest absolute Gasteiger partial charge is 0.406 e. The average molecular weight is 438 g/mol. The van der Waals surface area contributed by atoms with Crippen molar-refractivity contribution in [3.8, 4) is 23.1 Å². The highest BCUT2D eigenvalue weighted by molar-refractivity contribution is 5.62. The van der Waals surface area contributed by atoms with E-state index in [2.05, 4.69) is 4.74 Å². The summed E-state index contributed by atoms with van der Waals surface area (Å²) >= 11 is 0. The fourth-order valence-electron chi connectivity index (χ4n) is 2.96. The summed E-state index contributed by atoms with van der Waals surface area (Å²) < 4.78 is 82.0. The van der Waals surface area contributed by atoms with E-state index in [9.17, 15) is 36.4 Å². The van der Waals surface area contributed by atoms with Crippen LogP contribution in [0.2, 0.25) is 0 Å². The summed E-state index contributed by atoms with van der Waals surface area (Å²) in [6.45, 7) is -0.276. The first kappa shape index (κ1) is 22.0. The van der Waals surface area contributed by atoms with Crippen molar-refractivity contribution in [3.63, 3.8) is 0 Å². The standard InChI is InChI=1S/C21H12F6N2O2/c22-20(23,24)17-10-18(14-4-2-1-3-5-14)29(19(30)16(17)11-28)12-13-6-8-15(9-7-13)31-21(25,26)27/h1-10H,12H2. The Labute approximate surface area is 171 Å². The van der Waals surface area contributed by atoms with Crippen molar-refractivity contribution in [3.05, 3.63) is 87.7 Å². The lowest BCUT2D eigenvalue weighted by Gasteiger charge is -2.18. The highest BCUT2D eigenvalue weighted by Gasteiger charge is 2.36. The number of aromatic nitrogens is 1.